The molecule has 1 aromatic heterocycles. The van der Waals surface area contributed by atoms with Gasteiger partial charge in [0.2, 0.25) is 0 Å². The summed E-state index contributed by atoms with van der Waals surface area (Å²) < 4.78 is 2.46. The van der Waals surface area contributed by atoms with Crippen LogP contribution in [0.5, 0.6) is 0 Å². The fraction of sp³-hybridized carbons (Fsp3) is 0. The first-order valence-corrected chi connectivity index (χ1v) is 17.9. The second-order valence-electron chi connectivity index (χ2n) is 13.3. The molecule has 10 rings (SSSR count). The lowest BCUT2D eigenvalue weighted by Gasteiger charge is -2.28. The number of nitrogens with zero attached hydrogens (tertiary/aromatic N) is 2. The van der Waals surface area contributed by atoms with Gasteiger partial charge in [0.15, 0.2) is 0 Å². The molecule has 0 saturated carbocycles. The van der Waals surface area contributed by atoms with E-state index < -0.39 is 0 Å². The summed E-state index contributed by atoms with van der Waals surface area (Å²) in [5, 5.41) is 7.35. The Kier molecular flexibility index (Phi) is 7.18. The van der Waals surface area contributed by atoms with Gasteiger partial charge >= 0.3 is 0 Å². The van der Waals surface area contributed by atoms with Crippen LogP contribution in [0.3, 0.4) is 0 Å². The van der Waals surface area contributed by atoms with Gasteiger partial charge in [-0.2, -0.15) is 0 Å². The molecule has 0 saturated heterocycles. The topological polar surface area (TPSA) is 8.17 Å². The van der Waals surface area contributed by atoms with Crippen molar-refractivity contribution in [2.24, 2.45) is 0 Å². The van der Waals surface area contributed by atoms with Gasteiger partial charge < -0.3 is 9.47 Å². The van der Waals surface area contributed by atoms with E-state index in [2.05, 4.69) is 216 Å². The van der Waals surface area contributed by atoms with Crippen molar-refractivity contribution in [1.29, 1.82) is 0 Å². The maximum Gasteiger partial charge on any atom is 0.0562 e. The van der Waals surface area contributed by atoms with Crippen LogP contribution < -0.4 is 4.90 Å². The number of hydrogen-bond acceptors (Lipinski definition) is 1. The van der Waals surface area contributed by atoms with Crippen LogP contribution in [0.4, 0.5) is 17.1 Å². The minimum absolute atomic E-state index is 1.11. The average molecular weight is 663 g/mol. The third-order valence-electron chi connectivity index (χ3n) is 10.4. The highest BCUT2D eigenvalue weighted by atomic mass is 15.1. The number of anilines is 3. The van der Waals surface area contributed by atoms with Crippen molar-refractivity contribution in [3.05, 3.63) is 206 Å². The first kappa shape index (κ1) is 30.0. The fourth-order valence-electron chi connectivity index (χ4n) is 8.05. The zero-order valence-electron chi connectivity index (χ0n) is 28.5. The molecular weight excluding hydrogens is 629 g/mol. The molecule has 0 aliphatic rings. The molecule has 0 radical (unpaired) electrons. The van der Waals surface area contributed by atoms with Gasteiger partial charge in [-0.15, -0.1) is 0 Å². The quantitative estimate of drug-likeness (QED) is 0.172. The molecule has 0 amide bonds. The third kappa shape index (κ3) is 4.88. The summed E-state index contributed by atoms with van der Waals surface area (Å²) >= 11 is 0. The predicted octanol–water partition coefficient (Wildman–Crippen LogP) is 13.9. The molecule has 2 heteroatoms. The lowest BCUT2D eigenvalue weighted by Crippen LogP contribution is -2.11. The van der Waals surface area contributed by atoms with Crippen LogP contribution in [0.15, 0.2) is 206 Å². The zero-order chi connectivity index (χ0) is 34.4. The summed E-state index contributed by atoms with van der Waals surface area (Å²) in [6.07, 6.45) is 0. The van der Waals surface area contributed by atoms with Crippen LogP contribution in [0, 0.1) is 0 Å². The minimum Gasteiger partial charge on any atom is -0.309 e. The summed E-state index contributed by atoms with van der Waals surface area (Å²) in [5.41, 5.74) is 11.7. The molecule has 0 bridgehead atoms. The van der Waals surface area contributed by atoms with Crippen LogP contribution in [0.1, 0.15) is 0 Å². The number of fused-ring (bicyclic) bond motifs is 5. The number of benzene rings is 9. The molecular formula is C50H34N2. The number of rotatable bonds is 6. The van der Waals surface area contributed by atoms with Crippen molar-refractivity contribution in [1.82, 2.24) is 4.57 Å². The molecule has 0 N–H and O–H groups in total. The molecule has 0 aliphatic heterocycles. The van der Waals surface area contributed by atoms with E-state index in [0.29, 0.717) is 0 Å². The van der Waals surface area contributed by atoms with Crippen LogP contribution in [-0.2, 0) is 0 Å². The highest BCUT2D eigenvalue weighted by molar-refractivity contribution is 6.18. The van der Waals surface area contributed by atoms with Crippen LogP contribution >= 0.6 is 0 Å². The van der Waals surface area contributed by atoms with E-state index in [1.807, 2.05) is 0 Å². The van der Waals surface area contributed by atoms with Crippen molar-refractivity contribution in [3.63, 3.8) is 0 Å². The second-order valence-corrected chi connectivity index (χ2v) is 13.3. The van der Waals surface area contributed by atoms with Crippen LogP contribution in [0.2, 0.25) is 0 Å². The van der Waals surface area contributed by atoms with Crippen LogP contribution in [0.25, 0.3) is 71.3 Å². The molecule has 10 aromatic rings. The van der Waals surface area contributed by atoms with E-state index in [9.17, 15) is 0 Å². The molecule has 1 heterocycles. The zero-order valence-corrected chi connectivity index (χ0v) is 28.5. The Hall–Kier alpha value is -6.90. The Morgan fingerprint density at radius 3 is 1.85 bits per heavy atom. The Labute approximate surface area is 303 Å². The van der Waals surface area contributed by atoms with E-state index in [1.165, 1.54) is 60.1 Å². The van der Waals surface area contributed by atoms with E-state index in [0.717, 1.165) is 28.3 Å². The molecule has 52 heavy (non-hydrogen) atoms. The molecule has 0 fully saturated rings. The van der Waals surface area contributed by atoms with Gasteiger partial charge in [-0.25, -0.2) is 0 Å². The first-order chi connectivity index (χ1) is 25.8. The average Bonchev–Trinajstić information content (AvgIpc) is 3.56. The van der Waals surface area contributed by atoms with Crippen molar-refractivity contribution in [2.45, 2.75) is 0 Å². The lowest BCUT2D eigenvalue weighted by molar-refractivity contribution is 1.18. The van der Waals surface area contributed by atoms with Gasteiger partial charge in [0.25, 0.3) is 0 Å². The molecule has 0 spiro atoms. The monoisotopic (exact) mass is 662 g/mol. The van der Waals surface area contributed by atoms with E-state index in [-0.39, 0.29) is 0 Å². The van der Waals surface area contributed by atoms with Gasteiger partial charge in [-0.3, -0.25) is 0 Å². The lowest BCUT2D eigenvalue weighted by atomic mass is 9.96. The minimum atomic E-state index is 1.11. The standard InChI is InChI=1S/C50H34N2/c1-3-17-36(18-4-1)40-32-33-47(43-24-10-9-23-42(40)43)51(39-20-5-2-6-21-39)48-28-15-29-49-50(48)44-25-12-14-27-46(44)52(49)45-26-13-11-22-41(45)38-31-30-35-16-7-8-19-37(35)34-38/h1-34H. The molecule has 2 nitrogen and oxygen atoms in total. The molecule has 0 atom stereocenters. The summed E-state index contributed by atoms with van der Waals surface area (Å²) in [6, 6.07) is 74.7. The van der Waals surface area contributed by atoms with E-state index >= 15 is 0 Å². The predicted molar refractivity (Wildman–Crippen MR) is 221 cm³/mol. The molecule has 244 valence electrons. The normalized spacial score (nSPS) is 11.5. The second kappa shape index (κ2) is 12.5. The van der Waals surface area contributed by atoms with E-state index in [1.54, 1.807) is 0 Å². The molecule has 0 unspecified atom stereocenters. The fourth-order valence-corrected chi connectivity index (χ4v) is 8.05. The smallest absolute Gasteiger partial charge is 0.0562 e. The van der Waals surface area contributed by atoms with Crippen LogP contribution in [-0.4, -0.2) is 4.57 Å². The number of aromatic nitrogens is 1. The highest BCUT2D eigenvalue weighted by Crippen LogP contribution is 2.47. The maximum atomic E-state index is 2.46. The largest absolute Gasteiger partial charge is 0.309 e. The molecule has 0 aliphatic carbocycles. The Morgan fingerprint density at radius 2 is 1.00 bits per heavy atom. The van der Waals surface area contributed by atoms with Gasteiger partial charge in [0.1, 0.15) is 0 Å². The van der Waals surface area contributed by atoms with Crippen molar-refractivity contribution in [3.8, 4) is 27.9 Å². The SMILES string of the molecule is c1ccc(-c2ccc(N(c3ccccc3)c3cccc4c3c3ccccc3n4-c3ccccc3-c3ccc4ccccc4c3)c3ccccc23)cc1. The van der Waals surface area contributed by atoms with Crippen molar-refractivity contribution < 1.29 is 0 Å². The highest BCUT2D eigenvalue weighted by Gasteiger charge is 2.23. The Morgan fingerprint density at radius 1 is 0.346 bits per heavy atom. The first-order valence-electron chi connectivity index (χ1n) is 17.9. The third-order valence-corrected chi connectivity index (χ3v) is 10.4. The van der Waals surface area contributed by atoms with Gasteiger partial charge in [0, 0.05) is 27.4 Å². The molecule has 9 aromatic carbocycles. The van der Waals surface area contributed by atoms with Crippen molar-refractivity contribution >= 4 is 60.4 Å². The number of para-hydroxylation sites is 3. The maximum absolute atomic E-state index is 2.46. The van der Waals surface area contributed by atoms with Gasteiger partial charge in [-0.1, -0.05) is 158 Å². The number of hydrogen-bond donors (Lipinski definition) is 0. The Bertz CT molecular complexity index is 2900. The summed E-state index contributed by atoms with van der Waals surface area (Å²) in [6.45, 7) is 0. The summed E-state index contributed by atoms with van der Waals surface area (Å²) in [4.78, 5) is 2.45. The van der Waals surface area contributed by atoms with E-state index in [4.69, 9.17) is 0 Å². The summed E-state index contributed by atoms with van der Waals surface area (Å²) in [5.74, 6) is 0. The summed E-state index contributed by atoms with van der Waals surface area (Å²) in [7, 11) is 0. The van der Waals surface area contributed by atoms with Gasteiger partial charge in [0.05, 0.1) is 28.1 Å². The van der Waals surface area contributed by atoms with Gasteiger partial charge in [-0.05, 0) is 81.4 Å². The van der Waals surface area contributed by atoms with Crippen molar-refractivity contribution in [2.75, 3.05) is 4.90 Å². The Balaban J connectivity index is 1.25.